The SMILES string of the molecule is CCOc1cc(CNC(=O)CC2CC3CCC(C2)N3)ccc1OC(F)F. The van der Waals surface area contributed by atoms with Crippen LogP contribution in [0.25, 0.3) is 0 Å². The van der Waals surface area contributed by atoms with Crippen LogP contribution in [0.4, 0.5) is 8.78 Å². The maximum atomic E-state index is 12.4. The monoisotopic (exact) mass is 368 g/mol. The summed E-state index contributed by atoms with van der Waals surface area (Å²) in [4.78, 5) is 12.3. The van der Waals surface area contributed by atoms with E-state index in [-0.39, 0.29) is 17.4 Å². The first-order valence-corrected chi connectivity index (χ1v) is 9.26. The van der Waals surface area contributed by atoms with Crippen molar-refractivity contribution in [1.29, 1.82) is 0 Å². The summed E-state index contributed by atoms with van der Waals surface area (Å²) in [6, 6.07) is 5.88. The Morgan fingerprint density at radius 1 is 1.27 bits per heavy atom. The van der Waals surface area contributed by atoms with Gasteiger partial charge in [-0.15, -0.1) is 0 Å². The summed E-state index contributed by atoms with van der Waals surface area (Å²) >= 11 is 0. The summed E-state index contributed by atoms with van der Waals surface area (Å²) in [6.45, 7) is -0.452. The molecule has 0 aliphatic carbocycles. The molecule has 1 aromatic carbocycles. The maximum Gasteiger partial charge on any atom is 0.387 e. The molecule has 2 saturated heterocycles. The van der Waals surface area contributed by atoms with Gasteiger partial charge in [0.05, 0.1) is 6.61 Å². The quantitative estimate of drug-likeness (QED) is 0.740. The number of carbonyl (C=O) groups excluding carboxylic acids is 1. The molecule has 2 bridgehead atoms. The van der Waals surface area contributed by atoms with Crippen LogP contribution in [0.1, 0.15) is 44.6 Å². The van der Waals surface area contributed by atoms with Gasteiger partial charge in [-0.25, -0.2) is 0 Å². The van der Waals surface area contributed by atoms with Gasteiger partial charge >= 0.3 is 6.61 Å². The van der Waals surface area contributed by atoms with Crippen LogP contribution >= 0.6 is 0 Å². The number of rotatable bonds is 8. The van der Waals surface area contributed by atoms with Crippen LogP contribution < -0.4 is 20.1 Å². The summed E-state index contributed by atoms with van der Waals surface area (Å²) in [5, 5.41) is 6.50. The average Bonchev–Trinajstić information content (AvgIpc) is 2.93. The number of nitrogens with one attached hydrogen (secondary N) is 2. The largest absolute Gasteiger partial charge is 0.490 e. The van der Waals surface area contributed by atoms with E-state index >= 15 is 0 Å². The van der Waals surface area contributed by atoms with Crippen LogP contribution in [0.2, 0.25) is 0 Å². The Balaban J connectivity index is 1.51. The molecule has 0 saturated carbocycles. The number of carbonyl (C=O) groups is 1. The van der Waals surface area contributed by atoms with E-state index in [0.717, 1.165) is 18.4 Å². The Bertz CT molecular complexity index is 615. The highest BCUT2D eigenvalue weighted by molar-refractivity contribution is 5.76. The number of amides is 1. The number of fused-ring (bicyclic) bond motifs is 2. The lowest BCUT2D eigenvalue weighted by Crippen LogP contribution is -2.39. The van der Waals surface area contributed by atoms with E-state index in [1.165, 1.54) is 18.9 Å². The van der Waals surface area contributed by atoms with Gasteiger partial charge in [-0.2, -0.15) is 8.78 Å². The highest BCUT2D eigenvalue weighted by atomic mass is 19.3. The molecule has 2 atom stereocenters. The molecule has 3 rings (SSSR count). The van der Waals surface area contributed by atoms with Gasteiger partial charge in [0.1, 0.15) is 0 Å². The topological polar surface area (TPSA) is 59.6 Å². The molecule has 1 aromatic rings. The van der Waals surface area contributed by atoms with Crippen molar-refractivity contribution in [3.63, 3.8) is 0 Å². The molecule has 5 nitrogen and oxygen atoms in total. The molecule has 2 unspecified atom stereocenters. The number of ether oxygens (including phenoxy) is 2. The fourth-order valence-corrected chi connectivity index (χ4v) is 4.00. The van der Waals surface area contributed by atoms with Crippen LogP contribution in [0, 0.1) is 5.92 Å². The standard InChI is InChI=1S/C19H26F2N2O3/c1-2-25-17-9-12(3-6-16(17)26-19(20)21)11-22-18(24)10-13-7-14-4-5-15(8-13)23-14/h3,6,9,13-15,19,23H,2,4-5,7-8,10-11H2,1H3,(H,22,24). The fraction of sp³-hybridized carbons (Fsp3) is 0.632. The minimum atomic E-state index is -2.90. The summed E-state index contributed by atoms with van der Waals surface area (Å²) in [6.07, 6.45) is 5.11. The fourth-order valence-electron chi connectivity index (χ4n) is 4.00. The van der Waals surface area contributed by atoms with E-state index in [4.69, 9.17) is 4.74 Å². The van der Waals surface area contributed by atoms with Crippen LogP contribution in [0.3, 0.4) is 0 Å². The number of benzene rings is 1. The molecule has 2 heterocycles. The number of halogens is 2. The van der Waals surface area contributed by atoms with E-state index in [0.29, 0.717) is 37.6 Å². The lowest BCUT2D eigenvalue weighted by molar-refractivity contribution is -0.122. The van der Waals surface area contributed by atoms with E-state index in [9.17, 15) is 13.6 Å². The smallest absolute Gasteiger partial charge is 0.387 e. The minimum absolute atomic E-state index is 0.00195. The number of piperidine rings is 1. The molecule has 26 heavy (non-hydrogen) atoms. The van der Waals surface area contributed by atoms with Gasteiger partial charge < -0.3 is 20.1 Å². The average molecular weight is 368 g/mol. The first kappa shape index (κ1) is 18.9. The number of hydrogen-bond acceptors (Lipinski definition) is 4. The molecular weight excluding hydrogens is 342 g/mol. The van der Waals surface area contributed by atoms with Crippen LogP contribution in [0.5, 0.6) is 11.5 Å². The lowest BCUT2D eigenvalue weighted by Gasteiger charge is -2.28. The van der Waals surface area contributed by atoms with Gasteiger partial charge in [-0.3, -0.25) is 4.79 Å². The maximum absolute atomic E-state index is 12.4. The van der Waals surface area contributed by atoms with Crippen LogP contribution in [0.15, 0.2) is 18.2 Å². The second-order valence-electron chi connectivity index (χ2n) is 7.05. The Kier molecular flexibility index (Phi) is 6.29. The third-order valence-electron chi connectivity index (χ3n) is 5.06. The second-order valence-corrected chi connectivity index (χ2v) is 7.05. The van der Waals surface area contributed by atoms with Crippen LogP contribution in [-0.2, 0) is 11.3 Å². The van der Waals surface area contributed by atoms with Gasteiger partial charge in [0, 0.05) is 25.0 Å². The Labute approximate surface area is 152 Å². The van der Waals surface area contributed by atoms with Crippen molar-refractivity contribution in [2.45, 2.75) is 64.3 Å². The van der Waals surface area contributed by atoms with Crippen molar-refractivity contribution in [2.75, 3.05) is 6.61 Å². The van der Waals surface area contributed by atoms with Crippen molar-refractivity contribution in [2.24, 2.45) is 5.92 Å². The zero-order valence-electron chi connectivity index (χ0n) is 15.0. The third-order valence-corrected chi connectivity index (χ3v) is 5.06. The predicted octanol–water partition coefficient (Wildman–Crippen LogP) is 3.22. The summed E-state index contributed by atoms with van der Waals surface area (Å²) in [5.74, 6) is 0.730. The Hall–Kier alpha value is -1.89. The lowest BCUT2D eigenvalue weighted by atomic mass is 9.89. The zero-order chi connectivity index (χ0) is 18.5. The molecular formula is C19H26F2N2O3. The molecule has 2 aliphatic heterocycles. The highest BCUT2D eigenvalue weighted by Gasteiger charge is 2.34. The van der Waals surface area contributed by atoms with Crippen LogP contribution in [-0.4, -0.2) is 31.2 Å². The third kappa shape index (κ3) is 5.06. The first-order chi connectivity index (χ1) is 12.5. The number of hydrogen-bond donors (Lipinski definition) is 2. The van der Waals surface area contributed by atoms with E-state index in [2.05, 4.69) is 15.4 Å². The van der Waals surface area contributed by atoms with Gasteiger partial charge in [-0.05, 0) is 56.2 Å². The molecule has 0 spiro atoms. The molecule has 1 amide bonds. The van der Waals surface area contributed by atoms with Crippen molar-refractivity contribution >= 4 is 5.91 Å². The summed E-state index contributed by atoms with van der Waals surface area (Å²) in [7, 11) is 0. The molecule has 144 valence electrons. The minimum Gasteiger partial charge on any atom is -0.490 e. The first-order valence-electron chi connectivity index (χ1n) is 9.26. The van der Waals surface area contributed by atoms with Gasteiger partial charge in [0.15, 0.2) is 11.5 Å². The summed E-state index contributed by atoms with van der Waals surface area (Å²) in [5.41, 5.74) is 0.786. The van der Waals surface area contributed by atoms with Crippen molar-refractivity contribution in [3.8, 4) is 11.5 Å². The van der Waals surface area contributed by atoms with Crippen molar-refractivity contribution in [1.82, 2.24) is 10.6 Å². The van der Waals surface area contributed by atoms with Gasteiger partial charge in [0.2, 0.25) is 5.91 Å². The van der Waals surface area contributed by atoms with Gasteiger partial charge in [0.25, 0.3) is 0 Å². The Morgan fingerprint density at radius 3 is 2.65 bits per heavy atom. The number of alkyl halides is 2. The molecule has 0 aromatic heterocycles. The molecule has 2 aliphatic rings. The normalized spacial score (nSPS) is 24.5. The summed E-state index contributed by atoms with van der Waals surface area (Å²) < 4.78 is 34.7. The highest BCUT2D eigenvalue weighted by Crippen LogP contribution is 2.33. The molecule has 2 N–H and O–H groups in total. The second kappa shape index (κ2) is 8.66. The van der Waals surface area contributed by atoms with E-state index in [1.807, 2.05) is 0 Å². The van der Waals surface area contributed by atoms with Gasteiger partial charge in [-0.1, -0.05) is 6.07 Å². The zero-order valence-corrected chi connectivity index (χ0v) is 15.0. The molecule has 2 fully saturated rings. The molecule has 7 heteroatoms. The van der Waals surface area contributed by atoms with E-state index < -0.39 is 6.61 Å². The Morgan fingerprint density at radius 2 is 2.00 bits per heavy atom. The van der Waals surface area contributed by atoms with Crippen molar-refractivity contribution in [3.05, 3.63) is 23.8 Å². The molecule has 0 radical (unpaired) electrons. The van der Waals surface area contributed by atoms with Crippen molar-refractivity contribution < 1.29 is 23.0 Å². The van der Waals surface area contributed by atoms with E-state index in [1.54, 1.807) is 19.1 Å². The predicted molar refractivity (Wildman–Crippen MR) is 93.4 cm³/mol.